The number of rotatable bonds is 4. The second kappa shape index (κ2) is 8.52. The van der Waals surface area contributed by atoms with Crippen LogP contribution in [0, 0.1) is 12.7 Å². The molecule has 0 radical (unpaired) electrons. The summed E-state index contributed by atoms with van der Waals surface area (Å²) in [6.45, 7) is 3.64. The second-order valence-electron chi connectivity index (χ2n) is 7.29. The summed E-state index contributed by atoms with van der Waals surface area (Å²) in [4.78, 5) is 16.9. The molecule has 0 bridgehead atoms. The minimum absolute atomic E-state index is 0.257. The SMILES string of the molecule is Cc1onc(-c2ccc(OC(F)(F)F)cc2)c1C(=O)N1CCN(c2ccc(F)cc2)CC1. The third kappa shape index (κ3) is 4.68. The van der Waals surface area contributed by atoms with Gasteiger partial charge in [-0.15, -0.1) is 13.2 Å². The van der Waals surface area contributed by atoms with Crippen LogP contribution in [0.3, 0.4) is 0 Å². The maximum atomic E-state index is 13.2. The number of carbonyl (C=O) groups excluding carboxylic acids is 1. The molecule has 32 heavy (non-hydrogen) atoms. The van der Waals surface area contributed by atoms with Crippen molar-refractivity contribution in [2.75, 3.05) is 31.1 Å². The number of ether oxygens (including phenoxy) is 1. The zero-order chi connectivity index (χ0) is 22.9. The molecule has 3 aromatic rings. The van der Waals surface area contributed by atoms with E-state index in [9.17, 15) is 22.4 Å². The number of carbonyl (C=O) groups is 1. The minimum atomic E-state index is -4.79. The van der Waals surface area contributed by atoms with Gasteiger partial charge < -0.3 is 19.1 Å². The summed E-state index contributed by atoms with van der Waals surface area (Å²) in [5, 5.41) is 3.95. The molecule has 1 amide bonds. The first-order valence-electron chi connectivity index (χ1n) is 9.83. The van der Waals surface area contributed by atoms with Crippen LogP contribution >= 0.6 is 0 Å². The monoisotopic (exact) mass is 449 g/mol. The van der Waals surface area contributed by atoms with Crippen molar-refractivity contribution in [3.63, 3.8) is 0 Å². The molecule has 1 aliphatic heterocycles. The summed E-state index contributed by atoms with van der Waals surface area (Å²) < 4.78 is 59.4. The largest absolute Gasteiger partial charge is 0.573 e. The number of hydrogen-bond donors (Lipinski definition) is 0. The zero-order valence-electron chi connectivity index (χ0n) is 17.0. The number of amides is 1. The Morgan fingerprint density at radius 2 is 1.62 bits per heavy atom. The van der Waals surface area contributed by atoms with Gasteiger partial charge in [0.2, 0.25) is 0 Å². The summed E-state index contributed by atoms with van der Waals surface area (Å²) in [5.41, 5.74) is 1.84. The van der Waals surface area contributed by atoms with E-state index in [1.165, 1.54) is 24.3 Å². The van der Waals surface area contributed by atoms with Crippen LogP contribution < -0.4 is 9.64 Å². The molecule has 10 heteroatoms. The van der Waals surface area contributed by atoms with Crippen molar-refractivity contribution in [1.82, 2.24) is 10.1 Å². The quantitative estimate of drug-likeness (QED) is 0.543. The highest BCUT2D eigenvalue weighted by Gasteiger charge is 2.32. The number of nitrogens with zero attached hydrogens (tertiary/aromatic N) is 3. The van der Waals surface area contributed by atoms with E-state index in [1.54, 1.807) is 24.0 Å². The lowest BCUT2D eigenvalue weighted by Gasteiger charge is -2.36. The lowest BCUT2D eigenvalue weighted by atomic mass is 10.0. The average Bonchev–Trinajstić information content (AvgIpc) is 3.15. The molecule has 168 valence electrons. The predicted octanol–water partition coefficient (Wildman–Crippen LogP) is 4.65. The number of hydrogen-bond acceptors (Lipinski definition) is 5. The summed E-state index contributed by atoms with van der Waals surface area (Å²) in [6, 6.07) is 11.3. The number of halogens is 4. The Labute approximate surface area is 181 Å². The number of aryl methyl sites for hydroxylation is 1. The molecule has 0 N–H and O–H groups in total. The van der Waals surface area contributed by atoms with Crippen LogP contribution in [0.5, 0.6) is 5.75 Å². The number of aromatic nitrogens is 1. The first-order valence-corrected chi connectivity index (χ1v) is 9.83. The first kappa shape index (κ1) is 21.7. The Morgan fingerprint density at radius 1 is 1.00 bits per heavy atom. The van der Waals surface area contributed by atoms with Gasteiger partial charge in [0.15, 0.2) is 0 Å². The van der Waals surface area contributed by atoms with Crippen molar-refractivity contribution < 1.29 is 31.6 Å². The van der Waals surface area contributed by atoms with Crippen molar-refractivity contribution in [2.45, 2.75) is 13.3 Å². The van der Waals surface area contributed by atoms with Crippen LogP contribution in [-0.4, -0.2) is 48.5 Å². The lowest BCUT2D eigenvalue weighted by Crippen LogP contribution is -2.49. The molecule has 1 fully saturated rings. The smallest absolute Gasteiger partial charge is 0.406 e. The van der Waals surface area contributed by atoms with Gasteiger partial charge >= 0.3 is 6.36 Å². The van der Waals surface area contributed by atoms with Crippen LogP contribution in [0.4, 0.5) is 23.2 Å². The maximum Gasteiger partial charge on any atom is 0.573 e. The molecule has 6 nitrogen and oxygen atoms in total. The van der Waals surface area contributed by atoms with Gasteiger partial charge in [-0.3, -0.25) is 4.79 Å². The molecule has 0 saturated carbocycles. The normalized spacial score (nSPS) is 14.5. The zero-order valence-corrected chi connectivity index (χ0v) is 17.0. The Balaban J connectivity index is 1.48. The molecule has 0 atom stereocenters. The molecule has 0 aliphatic carbocycles. The van der Waals surface area contributed by atoms with Crippen LogP contribution in [0.1, 0.15) is 16.1 Å². The molecular formula is C22H19F4N3O3. The molecule has 0 unspecified atom stereocenters. The number of benzene rings is 2. The molecule has 1 aromatic heterocycles. The highest BCUT2D eigenvalue weighted by molar-refractivity contribution is 6.01. The van der Waals surface area contributed by atoms with E-state index in [2.05, 4.69) is 14.8 Å². The van der Waals surface area contributed by atoms with Crippen molar-refractivity contribution >= 4 is 11.6 Å². The highest BCUT2D eigenvalue weighted by atomic mass is 19.4. The van der Waals surface area contributed by atoms with Gasteiger partial charge in [0.25, 0.3) is 5.91 Å². The van der Waals surface area contributed by atoms with Crippen LogP contribution in [0.25, 0.3) is 11.3 Å². The van der Waals surface area contributed by atoms with Gasteiger partial charge in [-0.05, 0) is 55.5 Å². The van der Waals surface area contributed by atoms with E-state index in [-0.39, 0.29) is 28.7 Å². The van der Waals surface area contributed by atoms with Gasteiger partial charge in [-0.1, -0.05) is 5.16 Å². The molecule has 2 aromatic carbocycles. The minimum Gasteiger partial charge on any atom is -0.406 e. The van der Waals surface area contributed by atoms with Crippen LogP contribution in [0.2, 0.25) is 0 Å². The third-order valence-corrected chi connectivity index (χ3v) is 5.20. The van der Waals surface area contributed by atoms with E-state index in [1.807, 2.05) is 0 Å². The first-order chi connectivity index (χ1) is 15.2. The van der Waals surface area contributed by atoms with Crippen LogP contribution in [-0.2, 0) is 0 Å². The fourth-order valence-electron chi connectivity index (χ4n) is 3.61. The van der Waals surface area contributed by atoms with Crippen molar-refractivity contribution in [1.29, 1.82) is 0 Å². The molecular weight excluding hydrogens is 430 g/mol. The summed E-state index contributed by atoms with van der Waals surface area (Å²) in [7, 11) is 0. The number of anilines is 1. The van der Waals surface area contributed by atoms with E-state index >= 15 is 0 Å². The summed E-state index contributed by atoms with van der Waals surface area (Å²) >= 11 is 0. The average molecular weight is 449 g/mol. The third-order valence-electron chi connectivity index (χ3n) is 5.20. The number of piperazine rings is 1. The lowest BCUT2D eigenvalue weighted by molar-refractivity contribution is -0.274. The molecule has 0 spiro atoms. The van der Waals surface area contributed by atoms with E-state index in [0.717, 1.165) is 17.8 Å². The van der Waals surface area contributed by atoms with Gasteiger partial charge in [0.1, 0.15) is 28.6 Å². The Hall–Kier alpha value is -3.56. The summed E-state index contributed by atoms with van der Waals surface area (Å²) in [5.74, 6) is -0.628. The van der Waals surface area contributed by atoms with Crippen molar-refractivity contribution in [2.24, 2.45) is 0 Å². The summed E-state index contributed by atoms with van der Waals surface area (Å²) in [6.07, 6.45) is -4.79. The Bertz CT molecular complexity index is 1090. The number of alkyl halides is 3. The standard InChI is InChI=1S/C22H19F4N3O3/c1-14-19(20(27-32-14)15-2-8-18(9-3-15)31-22(24,25)26)21(30)29-12-10-28(11-13-29)17-6-4-16(23)5-7-17/h2-9H,10-13H2,1H3. The van der Waals surface area contributed by atoms with Gasteiger partial charge in [0.05, 0.1) is 0 Å². The molecule has 1 aliphatic rings. The molecule has 2 heterocycles. The molecule has 1 saturated heterocycles. The second-order valence-corrected chi connectivity index (χ2v) is 7.29. The fraction of sp³-hybridized carbons (Fsp3) is 0.273. The Kier molecular flexibility index (Phi) is 5.77. The van der Waals surface area contributed by atoms with E-state index in [0.29, 0.717) is 37.5 Å². The fourth-order valence-corrected chi connectivity index (χ4v) is 3.61. The van der Waals surface area contributed by atoms with Crippen molar-refractivity contribution in [3.8, 4) is 17.0 Å². The highest BCUT2D eigenvalue weighted by Crippen LogP contribution is 2.30. The van der Waals surface area contributed by atoms with Crippen LogP contribution in [0.15, 0.2) is 53.1 Å². The van der Waals surface area contributed by atoms with Gasteiger partial charge in [-0.25, -0.2) is 4.39 Å². The predicted molar refractivity (Wildman–Crippen MR) is 108 cm³/mol. The Morgan fingerprint density at radius 3 is 2.22 bits per heavy atom. The van der Waals surface area contributed by atoms with Gasteiger partial charge in [-0.2, -0.15) is 0 Å². The maximum absolute atomic E-state index is 13.2. The van der Waals surface area contributed by atoms with Gasteiger partial charge in [0, 0.05) is 37.4 Å². The van der Waals surface area contributed by atoms with Crippen molar-refractivity contribution in [3.05, 3.63) is 65.7 Å². The topological polar surface area (TPSA) is 58.8 Å². The van der Waals surface area contributed by atoms with E-state index < -0.39 is 6.36 Å². The molecule has 4 rings (SSSR count). The van der Waals surface area contributed by atoms with E-state index in [4.69, 9.17) is 4.52 Å².